The zero-order valence-corrected chi connectivity index (χ0v) is 17.1. The van der Waals surface area contributed by atoms with E-state index in [2.05, 4.69) is 12.2 Å². The van der Waals surface area contributed by atoms with Crippen LogP contribution in [0.1, 0.15) is 80.6 Å². The second kappa shape index (κ2) is 7.86. The number of benzene rings is 1. The molecular formula is C23H32N2O3. The molecule has 2 amide bonds. The normalized spacial score (nSPS) is 27.1. The van der Waals surface area contributed by atoms with Gasteiger partial charge in [0.2, 0.25) is 5.91 Å². The van der Waals surface area contributed by atoms with Gasteiger partial charge in [0.1, 0.15) is 0 Å². The molecule has 5 heteroatoms. The van der Waals surface area contributed by atoms with Gasteiger partial charge < -0.3 is 15.0 Å². The van der Waals surface area contributed by atoms with Gasteiger partial charge in [-0.3, -0.25) is 9.59 Å². The number of nitrogens with zero attached hydrogens (tertiary/aromatic N) is 1. The molecule has 3 aliphatic rings. The maximum absolute atomic E-state index is 13.6. The van der Waals surface area contributed by atoms with Crippen molar-refractivity contribution in [2.24, 2.45) is 0 Å². The minimum atomic E-state index is -0.422. The average molecular weight is 385 g/mol. The highest BCUT2D eigenvalue weighted by Gasteiger charge is 2.56. The lowest BCUT2D eigenvalue weighted by Crippen LogP contribution is -2.62. The molecule has 0 unspecified atom stereocenters. The Kier molecular flexibility index (Phi) is 5.46. The van der Waals surface area contributed by atoms with Crippen LogP contribution in [0.2, 0.25) is 0 Å². The molecule has 4 rings (SSSR count). The highest BCUT2D eigenvalue weighted by molar-refractivity contribution is 6.02. The van der Waals surface area contributed by atoms with E-state index < -0.39 is 5.54 Å². The molecule has 5 nitrogen and oxygen atoms in total. The molecular weight excluding hydrogens is 352 g/mol. The van der Waals surface area contributed by atoms with E-state index in [1.165, 1.54) is 0 Å². The number of hydrogen-bond acceptors (Lipinski definition) is 3. The van der Waals surface area contributed by atoms with Crippen LogP contribution in [0, 0.1) is 0 Å². The summed E-state index contributed by atoms with van der Waals surface area (Å²) in [5, 5.41) is 3.21. The van der Waals surface area contributed by atoms with E-state index in [4.69, 9.17) is 4.74 Å². The summed E-state index contributed by atoms with van der Waals surface area (Å²) >= 11 is 0. The molecule has 1 saturated heterocycles. The molecule has 2 heterocycles. The van der Waals surface area contributed by atoms with Gasteiger partial charge in [0, 0.05) is 24.8 Å². The van der Waals surface area contributed by atoms with Crippen LogP contribution in [0.25, 0.3) is 0 Å². The van der Waals surface area contributed by atoms with Crippen molar-refractivity contribution in [2.75, 3.05) is 13.2 Å². The van der Waals surface area contributed by atoms with Gasteiger partial charge in [-0.25, -0.2) is 0 Å². The Morgan fingerprint density at radius 1 is 1.29 bits per heavy atom. The third-order valence-corrected chi connectivity index (χ3v) is 6.97. The van der Waals surface area contributed by atoms with Gasteiger partial charge in [-0.15, -0.1) is 0 Å². The maximum atomic E-state index is 13.6. The zero-order valence-electron chi connectivity index (χ0n) is 17.1. The summed E-state index contributed by atoms with van der Waals surface area (Å²) in [7, 11) is 0. The summed E-state index contributed by atoms with van der Waals surface area (Å²) in [5.74, 6) is -0.173. The van der Waals surface area contributed by atoms with Crippen LogP contribution < -0.4 is 5.32 Å². The van der Waals surface area contributed by atoms with Crippen molar-refractivity contribution in [3.05, 3.63) is 35.4 Å². The predicted molar refractivity (Wildman–Crippen MR) is 108 cm³/mol. The molecule has 0 bridgehead atoms. The first-order valence-electron chi connectivity index (χ1n) is 10.9. The molecule has 152 valence electrons. The Balaban J connectivity index is 1.77. The minimum Gasteiger partial charge on any atom is -0.376 e. The first-order chi connectivity index (χ1) is 13.6. The van der Waals surface area contributed by atoms with Gasteiger partial charge in [0.05, 0.1) is 17.6 Å². The molecule has 1 aromatic rings. The van der Waals surface area contributed by atoms with E-state index in [1.807, 2.05) is 36.1 Å². The molecule has 0 aromatic heterocycles. The van der Waals surface area contributed by atoms with Crippen molar-refractivity contribution in [1.29, 1.82) is 0 Å². The number of rotatable bonds is 5. The number of fused-ring (bicyclic) bond motifs is 1. The van der Waals surface area contributed by atoms with Crippen LogP contribution in [0.4, 0.5) is 0 Å². The minimum absolute atomic E-state index is 0.0635. The molecule has 3 atom stereocenters. The van der Waals surface area contributed by atoms with Crippen LogP contribution in [0.15, 0.2) is 24.3 Å². The molecule has 2 aliphatic heterocycles. The fraction of sp³-hybridized carbons (Fsp3) is 0.652. The molecule has 2 fully saturated rings. The number of hydrogen-bond donors (Lipinski definition) is 1. The molecule has 28 heavy (non-hydrogen) atoms. The standard InChI is InChI=1S/C23H32N2O3/c1-3-16(2)24-21(26)20-18-10-4-5-11-19(18)22(27)25(15-17-9-8-14-28-17)23(20)12-6-7-13-23/h4-5,10-11,16-17,20H,3,6-9,12-15H2,1-2H3,(H,24,26)/t16-,17+,20-/m1/s1. The van der Waals surface area contributed by atoms with E-state index in [0.717, 1.165) is 57.1 Å². The van der Waals surface area contributed by atoms with Crippen molar-refractivity contribution in [3.8, 4) is 0 Å². The number of carbonyl (C=O) groups is 2. The van der Waals surface area contributed by atoms with Crippen LogP contribution >= 0.6 is 0 Å². The van der Waals surface area contributed by atoms with E-state index in [1.54, 1.807) is 0 Å². The molecule has 1 aliphatic carbocycles. The van der Waals surface area contributed by atoms with Crippen LogP contribution in [-0.2, 0) is 9.53 Å². The molecule has 1 saturated carbocycles. The SMILES string of the molecule is CC[C@@H](C)NC(=O)[C@H]1c2ccccc2C(=O)N(C[C@@H]2CCCO2)C12CCCC2. The van der Waals surface area contributed by atoms with Crippen LogP contribution in [0.3, 0.4) is 0 Å². The van der Waals surface area contributed by atoms with Crippen LogP contribution in [-0.4, -0.2) is 47.6 Å². The Labute approximate surface area is 167 Å². The Morgan fingerprint density at radius 3 is 2.71 bits per heavy atom. The fourth-order valence-corrected chi connectivity index (χ4v) is 5.35. The fourth-order valence-electron chi connectivity index (χ4n) is 5.35. The van der Waals surface area contributed by atoms with Gasteiger partial charge in [0.15, 0.2) is 0 Å². The van der Waals surface area contributed by atoms with E-state index >= 15 is 0 Å². The second-order valence-electron chi connectivity index (χ2n) is 8.70. The van der Waals surface area contributed by atoms with Crippen molar-refractivity contribution in [3.63, 3.8) is 0 Å². The summed E-state index contributed by atoms with van der Waals surface area (Å²) in [6.45, 7) is 5.50. The first-order valence-corrected chi connectivity index (χ1v) is 10.9. The third kappa shape index (κ3) is 3.24. The molecule has 1 aromatic carbocycles. The summed E-state index contributed by atoms with van der Waals surface area (Å²) in [6.07, 6.45) is 6.92. The van der Waals surface area contributed by atoms with E-state index in [9.17, 15) is 9.59 Å². The van der Waals surface area contributed by atoms with E-state index in [0.29, 0.717) is 12.1 Å². The van der Waals surface area contributed by atoms with Gasteiger partial charge in [-0.1, -0.05) is 38.0 Å². The van der Waals surface area contributed by atoms with Crippen molar-refractivity contribution in [2.45, 2.75) is 82.4 Å². The molecule has 1 N–H and O–H groups in total. The zero-order chi connectivity index (χ0) is 19.7. The molecule has 1 spiro atoms. The predicted octanol–water partition coefficient (Wildman–Crippen LogP) is 3.63. The van der Waals surface area contributed by atoms with Gasteiger partial charge in [-0.05, 0) is 50.7 Å². The number of amides is 2. The topological polar surface area (TPSA) is 58.6 Å². The van der Waals surface area contributed by atoms with Crippen molar-refractivity contribution >= 4 is 11.8 Å². The van der Waals surface area contributed by atoms with Crippen molar-refractivity contribution < 1.29 is 14.3 Å². The smallest absolute Gasteiger partial charge is 0.254 e. The maximum Gasteiger partial charge on any atom is 0.254 e. The van der Waals surface area contributed by atoms with Gasteiger partial charge in [-0.2, -0.15) is 0 Å². The van der Waals surface area contributed by atoms with Gasteiger partial charge in [0.25, 0.3) is 5.91 Å². The summed E-state index contributed by atoms with van der Waals surface area (Å²) < 4.78 is 5.88. The van der Waals surface area contributed by atoms with E-state index in [-0.39, 0.29) is 29.9 Å². The lowest BCUT2D eigenvalue weighted by Gasteiger charge is -2.50. The summed E-state index contributed by atoms with van der Waals surface area (Å²) in [4.78, 5) is 29.1. The van der Waals surface area contributed by atoms with Crippen LogP contribution in [0.5, 0.6) is 0 Å². The summed E-state index contributed by atoms with van der Waals surface area (Å²) in [6, 6.07) is 7.84. The Morgan fingerprint density at radius 2 is 2.04 bits per heavy atom. The average Bonchev–Trinajstić information content (AvgIpc) is 3.38. The van der Waals surface area contributed by atoms with Gasteiger partial charge >= 0.3 is 0 Å². The number of carbonyl (C=O) groups excluding carboxylic acids is 2. The summed E-state index contributed by atoms with van der Waals surface area (Å²) in [5.41, 5.74) is 1.16. The monoisotopic (exact) mass is 384 g/mol. The highest BCUT2D eigenvalue weighted by Crippen LogP contribution is 2.50. The van der Waals surface area contributed by atoms with Crippen molar-refractivity contribution in [1.82, 2.24) is 10.2 Å². The number of ether oxygens (including phenoxy) is 1. The lowest BCUT2D eigenvalue weighted by atomic mass is 9.70. The quantitative estimate of drug-likeness (QED) is 0.843. The Bertz CT molecular complexity index is 735. The lowest BCUT2D eigenvalue weighted by molar-refractivity contribution is -0.127. The Hall–Kier alpha value is -1.88. The first kappa shape index (κ1) is 19.4. The highest BCUT2D eigenvalue weighted by atomic mass is 16.5. The molecule has 0 radical (unpaired) electrons. The third-order valence-electron chi connectivity index (χ3n) is 6.97. The second-order valence-corrected chi connectivity index (χ2v) is 8.70. The number of nitrogens with one attached hydrogen (secondary N) is 1. The largest absolute Gasteiger partial charge is 0.376 e.